The first-order valence-electron chi connectivity index (χ1n) is 7.65. The van der Waals surface area contributed by atoms with Crippen LogP contribution in [0, 0.1) is 0 Å². The zero-order chi connectivity index (χ0) is 13.9. The van der Waals surface area contributed by atoms with Gasteiger partial charge in [-0.1, -0.05) is 0 Å². The fourth-order valence-electron chi connectivity index (χ4n) is 3.39. The molecule has 1 atom stereocenters. The van der Waals surface area contributed by atoms with Crippen LogP contribution < -0.4 is 11.3 Å². The zero-order valence-electron chi connectivity index (χ0n) is 12.0. The third kappa shape index (κ3) is 3.04. The lowest BCUT2D eigenvalue weighted by molar-refractivity contribution is 0.229. The zero-order valence-corrected chi connectivity index (χ0v) is 12.0. The van der Waals surface area contributed by atoms with E-state index in [0.29, 0.717) is 5.69 Å². The molecule has 3 heterocycles. The van der Waals surface area contributed by atoms with E-state index in [4.69, 9.17) is 5.73 Å². The molecule has 0 amide bonds. The minimum atomic E-state index is 0.0366. The third-order valence-electron chi connectivity index (χ3n) is 4.57. The predicted molar refractivity (Wildman–Crippen MR) is 80.8 cm³/mol. The van der Waals surface area contributed by atoms with E-state index in [9.17, 15) is 4.79 Å². The van der Waals surface area contributed by atoms with Gasteiger partial charge in [-0.05, 0) is 45.0 Å². The molecular formula is C15H24N4O. The average Bonchev–Trinajstić information content (AvgIpc) is 3.09. The second-order valence-electron chi connectivity index (χ2n) is 5.98. The normalized spacial score (nSPS) is 24.5. The summed E-state index contributed by atoms with van der Waals surface area (Å²) in [5.41, 5.74) is 6.43. The van der Waals surface area contributed by atoms with Crippen molar-refractivity contribution in [2.24, 2.45) is 0 Å². The Morgan fingerprint density at radius 3 is 2.75 bits per heavy atom. The molecule has 0 aliphatic carbocycles. The first-order valence-corrected chi connectivity index (χ1v) is 7.65. The fraction of sp³-hybridized carbons (Fsp3) is 0.667. The Morgan fingerprint density at radius 1 is 1.15 bits per heavy atom. The molecule has 1 aromatic heterocycles. The molecule has 0 bridgehead atoms. The highest BCUT2D eigenvalue weighted by atomic mass is 16.1. The summed E-state index contributed by atoms with van der Waals surface area (Å²) in [7, 11) is 0. The number of pyridine rings is 1. The summed E-state index contributed by atoms with van der Waals surface area (Å²) < 4.78 is 1.72. The van der Waals surface area contributed by atoms with Gasteiger partial charge in [0.05, 0.1) is 0 Å². The predicted octanol–water partition coefficient (Wildman–Crippen LogP) is 0.601. The second kappa shape index (κ2) is 5.97. The van der Waals surface area contributed by atoms with E-state index >= 15 is 0 Å². The van der Waals surface area contributed by atoms with Crippen LogP contribution in [0.3, 0.4) is 0 Å². The van der Waals surface area contributed by atoms with Crippen molar-refractivity contribution in [2.45, 2.75) is 31.8 Å². The van der Waals surface area contributed by atoms with Crippen molar-refractivity contribution in [3.63, 3.8) is 0 Å². The largest absolute Gasteiger partial charge is 0.398 e. The van der Waals surface area contributed by atoms with Gasteiger partial charge in [-0.3, -0.25) is 14.6 Å². The summed E-state index contributed by atoms with van der Waals surface area (Å²) in [4.78, 5) is 16.8. The van der Waals surface area contributed by atoms with Gasteiger partial charge in [0.15, 0.2) is 0 Å². The Labute approximate surface area is 120 Å². The van der Waals surface area contributed by atoms with Crippen molar-refractivity contribution in [3.05, 3.63) is 28.7 Å². The van der Waals surface area contributed by atoms with Gasteiger partial charge in [-0.15, -0.1) is 0 Å². The molecule has 110 valence electrons. The Hall–Kier alpha value is -1.33. The number of nitrogen functional groups attached to an aromatic ring is 1. The molecule has 0 radical (unpaired) electrons. The summed E-state index contributed by atoms with van der Waals surface area (Å²) in [5, 5.41) is 0. The Bertz CT molecular complexity index is 507. The van der Waals surface area contributed by atoms with Crippen molar-refractivity contribution in [1.82, 2.24) is 14.4 Å². The van der Waals surface area contributed by atoms with Crippen LogP contribution in [0.4, 0.5) is 5.69 Å². The molecule has 2 N–H and O–H groups in total. The Kier molecular flexibility index (Phi) is 4.08. The number of likely N-dealkylation sites (tertiary alicyclic amines) is 2. The van der Waals surface area contributed by atoms with E-state index in [1.165, 1.54) is 32.4 Å². The maximum atomic E-state index is 11.7. The van der Waals surface area contributed by atoms with Gasteiger partial charge < -0.3 is 10.3 Å². The first kappa shape index (κ1) is 13.6. The van der Waals surface area contributed by atoms with Gasteiger partial charge in [0.1, 0.15) is 0 Å². The van der Waals surface area contributed by atoms with Gasteiger partial charge >= 0.3 is 0 Å². The number of anilines is 1. The van der Waals surface area contributed by atoms with E-state index < -0.39 is 0 Å². The van der Waals surface area contributed by atoms with Gasteiger partial charge in [0.2, 0.25) is 0 Å². The van der Waals surface area contributed by atoms with Crippen LogP contribution in [0.5, 0.6) is 0 Å². The second-order valence-corrected chi connectivity index (χ2v) is 5.98. The minimum Gasteiger partial charge on any atom is -0.398 e. The third-order valence-corrected chi connectivity index (χ3v) is 4.57. The lowest BCUT2D eigenvalue weighted by Crippen LogP contribution is -2.36. The lowest BCUT2D eigenvalue weighted by atomic mass is 10.2. The number of hydrogen-bond acceptors (Lipinski definition) is 4. The molecule has 5 nitrogen and oxygen atoms in total. The maximum absolute atomic E-state index is 11.7. The number of aromatic nitrogens is 1. The van der Waals surface area contributed by atoms with Crippen LogP contribution in [0.1, 0.15) is 19.3 Å². The van der Waals surface area contributed by atoms with Crippen LogP contribution in [0.15, 0.2) is 23.1 Å². The van der Waals surface area contributed by atoms with Crippen molar-refractivity contribution in [2.75, 3.05) is 38.5 Å². The Balaban J connectivity index is 1.52. The molecular weight excluding hydrogens is 252 g/mol. The molecule has 1 unspecified atom stereocenters. The molecule has 3 rings (SSSR count). The summed E-state index contributed by atoms with van der Waals surface area (Å²) in [6.45, 7) is 6.51. The molecule has 0 spiro atoms. The summed E-state index contributed by atoms with van der Waals surface area (Å²) in [6, 6.07) is 3.94. The number of nitrogens with two attached hydrogens (primary N) is 1. The molecule has 20 heavy (non-hydrogen) atoms. The highest BCUT2D eigenvalue weighted by Gasteiger charge is 2.28. The van der Waals surface area contributed by atoms with Crippen molar-refractivity contribution < 1.29 is 0 Å². The highest BCUT2D eigenvalue weighted by Crippen LogP contribution is 2.20. The first-order chi connectivity index (χ1) is 9.72. The molecule has 0 aromatic carbocycles. The van der Waals surface area contributed by atoms with Crippen LogP contribution in [-0.4, -0.2) is 53.1 Å². The molecule has 0 saturated carbocycles. The number of rotatable bonds is 4. The molecule has 2 aliphatic rings. The molecule has 2 aliphatic heterocycles. The average molecular weight is 276 g/mol. The standard InChI is InChI=1S/C15H24N4O/c16-13-3-4-15(20)19(11-13)10-9-17-8-5-14(12-17)18-6-1-2-7-18/h3-4,11,14H,1-2,5-10,12,16H2. The van der Waals surface area contributed by atoms with E-state index in [2.05, 4.69) is 9.80 Å². The van der Waals surface area contributed by atoms with E-state index in [0.717, 1.165) is 32.2 Å². The number of nitrogens with zero attached hydrogens (tertiary/aromatic N) is 3. The van der Waals surface area contributed by atoms with Crippen LogP contribution in [-0.2, 0) is 6.54 Å². The van der Waals surface area contributed by atoms with Crippen molar-refractivity contribution in [1.29, 1.82) is 0 Å². The van der Waals surface area contributed by atoms with E-state index in [1.54, 1.807) is 22.9 Å². The summed E-state index contributed by atoms with van der Waals surface area (Å²) >= 11 is 0. The summed E-state index contributed by atoms with van der Waals surface area (Å²) in [5.74, 6) is 0. The highest BCUT2D eigenvalue weighted by molar-refractivity contribution is 5.33. The van der Waals surface area contributed by atoms with Gasteiger partial charge in [-0.2, -0.15) is 0 Å². The van der Waals surface area contributed by atoms with Gasteiger partial charge in [-0.25, -0.2) is 0 Å². The monoisotopic (exact) mass is 276 g/mol. The number of hydrogen-bond donors (Lipinski definition) is 1. The van der Waals surface area contributed by atoms with Gasteiger partial charge in [0.25, 0.3) is 5.56 Å². The SMILES string of the molecule is Nc1ccc(=O)n(CCN2CCC(N3CCCC3)C2)c1. The van der Waals surface area contributed by atoms with E-state index in [1.807, 2.05) is 0 Å². The Morgan fingerprint density at radius 2 is 1.95 bits per heavy atom. The maximum Gasteiger partial charge on any atom is 0.250 e. The van der Waals surface area contributed by atoms with E-state index in [-0.39, 0.29) is 5.56 Å². The topological polar surface area (TPSA) is 54.5 Å². The quantitative estimate of drug-likeness (QED) is 0.875. The van der Waals surface area contributed by atoms with Crippen LogP contribution in [0.25, 0.3) is 0 Å². The molecule has 2 saturated heterocycles. The van der Waals surface area contributed by atoms with Crippen LogP contribution >= 0.6 is 0 Å². The fourth-order valence-corrected chi connectivity index (χ4v) is 3.39. The van der Waals surface area contributed by atoms with Gasteiger partial charge in [0, 0.05) is 43.6 Å². The smallest absolute Gasteiger partial charge is 0.250 e. The summed E-state index contributed by atoms with van der Waals surface area (Å²) in [6.07, 6.45) is 5.73. The van der Waals surface area contributed by atoms with Crippen molar-refractivity contribution in [3.8, 4) is 0 Å². The molecule has 1 aromatic rings. The lowest BCUT2D eigenvalue weighted by Gasteiger charge is -2.23. The van der Waals surface area contributed by atoms with Crippen LogP contribution in [0.2, 0.25) is 0 Å². The van der Waals surface area contributed by atoms with Crippen molar-refractivity contribution >= 4 is 5.69 Å². The minimum absolute atomic E-state index is 0.0366. The molecule has 2 fully saturated rings. The molecule has 5 heteroatoms.